The molecule has 0 amide bonds. The maximum atomic E-state index is 11.4. The Morgan fingerprint density at radius 2 is 1.87 bits per heavy atom. The van der Waals surface area contributed by atoms with Crippen LogP contribution in [0.2, 0.25) is 5.02 Å². The highest BCUT2D eigenvalue weighted by Gasteiger charge is 2.13. The Balaban J connectivity index is 1.49. The SMILES string of the molecule is COc1cc(CNc2ccc3[nH]c(=O)[nH]c3c2)cc(Br)c1OCc1ccccc1Cl. The number of hydrogen-bond donors (Lipinski definition) is 3. The van der Waals surface area contributed by atoms with Crippen LogP contribution in [0.3, 0.4) is 0 Å². The van der Waals surface area contributed by atoms with E-state index in [0.717, 1.165) is 32.3 Å². The zero-order chi connectivity index (χ0) is 21.1. The fourth-order valence-electron chi connectivity index (χ4n) is 3.13. The van der Waals surface area contributed by atoms with E-state index in [0.29, 0.717) is 29.7 Å². The molecular formula is C22H19BrClN3O3. The molecule has 6 nitrogen and oxygen atoms in total. The van der Waals surface area contributed by atoms with Gasteiger partial charge in [0, 0.05) is 22.8 Å². The summed E-state index contributed by atoms with van der Waals surface area (Å²) in [6.45, 7) is 0.904. The van der Waals surface area contributed by atoms with Crippen LogP contribution in [0.1, 0.15) is 11.1 Å². The van der Waals surface area contributed by atoms with Crippen molar-refractivity contribution in [2.75, 3.05) is 12.4 Å². The van der Waals surface area contributed by atoms with Gasteiger partial charge in [0.15, 0.2) is 11.5 Å². The number of fused-ring (bicyclic) bond motifs is 1. The highest BCUT2D eigenvalue weighted by Crippen LogP contribution is 2.37. The summed E-state index contributed by atoms with van der Waals surface area (Å²) in [4.78, 5) is 16.9. The van der Waals surface area contributed by atoms with Gasteiger partial charge in [0.25, 0.3) is 0 Å². The number of hydrogen-bond acceptors (Lipinski definition) is 4. The van der Waals surface area contributed by atoms with Gasteiger partial charge in [0.05, 0.1) is 22.6 Å². The lowest BCUT2D eigenvalue weighted by atomic mass is 10.2. The standard InChI is InChI=1S/C22H19BrClN3O3/c1-29-20-9-13(11-25-15-6-7-18-19(10-15)27-22(28)26-18)8-16(23)21(20)30-12-14-4-2-3-5-17(14)24/h2-10,25H,11-12H2,1H3,(H2,26,27,28). The second-order valence-electron chi connectivity index (χ2n) is 6.68. The van der Waals surface area contributed by atoms with E-state index in [9.17, 15) is 4.79 Å². The van der Waals surface area contributed by atoms with Crippen LogP contribution < -0.4 is 20.5 Å². The zero-order valence-electron chi connectivity index (χ0n) is 16.1. The molecule has 4 aromatic rings. The largest absolute Gasteiger partial charge is 0.493 e. The van der Waals surface area contributed by atoms with Gasteiger partial charge in [-0.05, 0) is 57.9 Å². The van der Waals surface area contributed by atoms with Crippen molar-refractivity contribution in [1.29, 1.82) is 0 Å². The summed E-state index contributed by atoms with van der Waals surface area (Å²) in [6, 6.07) is 17.1. The molecule has 4 rings (SSSR count). The van der Waals surface area contributed by atoms with Gasteiger partial charge in [-0.25, -0.2) is 4.79 Å². The van der Waals surface area contributed by atoms with Gasteiger partial charge >= 0.3 is 5.69 Å². The van der Waals surface area contributed by atoms with Crippen molar-refractivity contribution >= 4 is 44.3 Å². The second-order valence-corrected chi connectivity index (χ2v) is 7.94. The van der Waals surface area contributed by atoms with Crippen molar-refractivity contribution in [3.05, 3.63) is 85.7 Å². The minimum Gasteiger partial charge on any atom is -0.493 e. The molecule has 0 bridgehead atoms. The molecule has 0 aliphatic rings. The van der Waals surface area contributed by atoms with Crippen molar-refractivity contribution in [2.45, 2.75) is 13.2 Å². The molecule has 0 fully saturated rings. The van der Waals surface area contributed by atoms with Gasteiger partial charge in [-0.3, -0.25) is 0 Å². The molecule has 30 heavy (non-hydrogen) atoms. The van der Waals surface area contributed by atoms with Crippen molar-refractivity contribution < 1.29 is 9.47 Å². The van der Waals surface area contributed by atoms with Gasteiger partial charge in [0.2, 0.25) is 0 Å². The van der Waals surface area contributed by atoms with E-state index in [4.69, 9.17) is 21.1 Å². The van der Waals surface area contributed by atoms with Gasteiger partial charge in [0.1, 0.15) is 6.61 Å². The number of halogens is 2. The van der Waals surface area contributed by atoms with E-state index in [1.165, 1.54) is 0 Å². The highest BCUT2D eigenvalue weighted by molar-refractivity contribution is 9.10. The first-order chi connectivity index (χ1) is 14.5. The third-order valence-electron chi connectivity index (χ3n) is 4.63. The molecule has 0 aliphatic heterocycles. The highest BCUT2D eigenvalue weighted by atomic mass is 79.9. The third-order valence-corrected chi connectivity index (χ3v) is 5.59. The summed E-state index contributed by atoms with van der Waals surface area (Å²) in [7, 11) is 1.61. The molecule has 3 aromatic carbocycles. The lowest BCUT2D eigenvalue weighted by Gasteiger charge is -2.15. The van der Waals surface area contributed by atoms with Crippen LogP contribution in [-0.2, 0) is 13.2 Å². The number of H-pyrrole nitrogens is 2. The monoisotopic (exact) mass is 487 g/mol. The van der Waals surface area contributed by atoms with Crippen LogP contribution >= 0.6 is 27.5 Å². The molecule has 0 saturated carbocycles. The Kier molecular flexibility index (Phi) is 6.01. The number of methoxy groups -OCH3 is 1. The lowest BCUT2D eigenvalue weighted by Crippen LogP contribution is -2.03. The van der Waals surface area contributed by atoms with Crippen LogP contribution in [0.4, 0.5) is 5.69 Å². The number of nitrogens with one attached hydrogen (secondary N) is 3. The van der Waals surface area contributed by atoms with Crippen LogP contribution in [0, 0.1) is 0 Å². The smallest absolute Gasteiger partial charge is 0.323 e. The molecule has 8 heteroatoms. The molecule has 1 heterocycles. The lowest BCUT2D eigenvalue weighted by molar-refractivity contribution is 0.282. The number of anilines is 1. The fourth-order valence-corrected chi connectivity index (χ4v) is 3.92. The predicted molar refractivity (Wildman–Crippen MR) is 123 cm³/mol. The summed E-state index contributed by atoms with van der Waals surface area (Å²) in [5.41, 5.74) is 4.11. The Bertz CT molecular complexity index is 1250. The average molecular weight is 489 g/mol. The molecule has 154 valence electrons. The topological polar surface area (TPSA) is 79.1 Å². The number of aromatic amines is 2. The molecular weight excluding hydrogens is 470 g/mol. The normalized spacial score (nSPS) is 10.9. The summed E-state index contributed by atoms with van der Waals surface area (Å²) >= 11 is 9.80. The number of benzene rings is 3. The minimum atomic E-state index is -0.219. The molecule has 0 atom stereocenters. The Hall–Kier alpha value is -2.90. The fraction of sp³-hybridized carbons (Fsp3) is 0.136. The summed E-state index contributed by atoms with van der Waals surface area (Å²) < 4.78 is 12.3. The van der Waals surface area contributed by atoms with E-state index >= 15 is 0 Å². The van der Waals surface area contributed by atoms with Gasteiger partial charge < -0.3 is 24.8 Å². The molecule has 0 aliphatic carbocycles. The molecule has 0 spiro atoms. The average Bonchev–Trinajstić information content (AvgIpc) is 3.11. The Morgan fingerprint density at radius 3 is 2.67 bits per heavy atom. The van der Waals surface area contributed by atoms with Crippen molar-refractivity contribution in [3.8, 4) is 11.5 Å². The van der Waals surface area contributed by atoms with Gasteiger partial charge in [-0.1, -0.05) is 29.8 Å². The van der Waals surface area contributed by atoms with Crippen LogP contribution in [0.5, 0.6) is 11.5 Å². The summed E-state index contributed by atoms with van der Waals surface area (Å²) in [5.74, 6) is 1.24. The maximum absolute atomic E-state index is 11.4. The summed E-state index contributed by atoms with van der Waals surface area (Å²) in [6.07, 6.45) is 0. The molecule has 0 saturated heterocycles. The second kappa shape index (κ2) is 8.85. The molecule has 0 unspecified atom stereocenters. The predicted octanol–water partition coefficient (Wildman–Crippen LogP) is 5.47. The van der Waals surface area contributed by atoms with E-state index in [1.54, 1.807) is 7.11 Å². The van der Waals surface area contributed by atoms with Gasteiger partial charge in [-0.15, -0.1) is 0 Å². The third kappa shape index (κ3) is 4.47. The van der Waals surface area contributed by atoms with E-state index in [2.05, 4.69) is 31.2 Å². The van der Waals surface area contributed by atoms with E-state index in [1.807, 2.05) is 54.6 Å². The number of ether oxygens (including phenoxy) is 2. The van der Waals surface area contributed by atoms with E-state index in [-0.39, 0.29) is 5.69 Å². The van der Waals surface area contributed by atoms with Crippen molar-refractivity contribution in [3.63, 3.8) is 0 Å². The van der Waals surface area contributed by atoms with Crippen LogP contribution in [0.25, 0.3) is 11.0 Å². The quantitative estimate of drug-likeness (QED) is 0.322. The first-order valence-corrected chi connectivity index (χ1v) is 10.4. The first kappa shape index (κ1) is 20.4. The Labute approximate surface area is 186 Å². The van der Waals surface area contributed by atoms with Crippen LogP contribution in [-0.4, -0.2) is 17.1 Å². The van der Waals surface area contributed by atoms with E-state index < -0.39 is 0 Å². The summed E-state index contributed by atoms with van der Waals surface area (Å²) in [5, 5.41) is 4.02. The molecule has 1 aromatic heterocycles. The number of rotatable bonds is 7. The number of imidazole rings is 1. The van der Waals surface area contributed by atoms with Gasteiger partial charge in [-0.2, -0.15) is 0 Å². The van der Waals surface area contributed by atoms with Crippen LogP contribution in [0.15, 0.2) is 63.9 Å². The van der Waals surface area contributed by atoms with Crippen molar-refractivity contribution in [1.82, 2.24) is 9.97 Å². The van der Waals surface area contributed by atoms with Crippen molar-refractivity contribution in [2.24, 2.45) is 0 Å². The molecule has 3 N–H and O–H groups in total. The Morgan fingerprint density at radius 1 is 1.07 bits per heavy atom. The molecule has 0 radical (unpaired) electrons. The number of aromatic nitrogens is 2. The minimum absolute atomic E-state index is 0.219. The first-order valence-electron chi connectivity index (χ1n) is 9.22. The maximum Gasteiger partial charge on any atom is 0.323 e. The zero-order valence-corrected chi connectivity index (χ0v) is 18.4.